The zero-order valence-electron chi connectivity index (χ0n) is 17.0. The van der Waals surface area contributed by atoms with Crippen LogP contribution in [0.15, 0.2) is 48.7 Å². The van der Waals surface area contributed by atoms with Crippen molar-refractivity contribution >= 4 is 0 Å². The van der Waals surface area contributed by atoms with Gasteiger partial charge in [0.05, 0.1) is 25.5 Å². The van der Waals surface area contributed by atoms with Gasteiger partial charge in [-0.25, -0.2) is 0 Å². The summed E-state index contributed by atoms with van der Waals surface area (Å²) in [7, 11) is 1.94. The van der Waals surface area contributed by atoms with Crippen molar-refractivity contribution in [2.75, 3.05) is 19.8 Å². The topological polar surface area (TPSA) is 57.5 Å². The van der Waals surface area contributed by atoms with Crippen molar-refractivity contribution in [2.24, 2.45) is 7.05 Å². The maximum Gasteiger partial charge on any atom is 0.161 e. The summed E-state index contributed by atoms with van der Waals surface area (Å²) in [6.07, 6.45) is 2.95. The summed E-state index contributed by atoms with van der Waals surface area (Å²) < 4.78 is 19.2. The summed E-state index contributed by atoms with van der Waals surface area (Å²) >= 11 is 0. The van der Waals surface area contributed by atoms with Crippen LogP contribution in [0.25, 0.3) is 11.3 Å². The van der Waals surface area contributed by atoms with E-state index in [-0.39, 0.29) is 0 Å². The smallest absolute Gasteiger partial charge is 0.161 e. The number of aromatic nitrogens is 2. The number of hydrogen-bond donors (Lipinski definition) is 1. The van der Waals surface area contributed by atoms with Crippen LogP contribution in [0.5, 0.6) is 17.2 Å². The van der Waals surface area contributed by atoms with Crippen molar-refractivity contribution in [3.8, 4) is 28.5 Å². The van der Waals surface area contributed by atoms with E-state index in [9.17, 15) is 0 Å². The van der Waals surface area contributed by atoms with Crippen molar-refractivity contribution in [2.45, 2.75) is 26.4 Å². The molecule has 0 spiro atoms. The van der Waals surface area contributed by atoms with Gasteiger partial charge in [-0.1, -0.05) is 18.2 Å². The zero-order valence-corrected chi connectivity index (χ0v) is 17.0. The van der Waals surface area contributed by atoms with Gasteiger partial charge in [-0.2, -0.15) is 5.10 Å². The molecule has 2 heterocycles. The molecule has 1 N–H and O–H groups in total. The number of aryl methyl sites for hydroxylation is 1. The van der Waals surface area contributed by atoms with Gasteiger partial charge in [0, 0.05) is 49.4 Å². The monoisotopic (exact) mass is 393 g/mol. The van der Waals surface area contributed by atoms with Crippen LogP contribution in [0.2, 0.25) is 0 Å². The Kier molecular flexibility index (Phi) is 6.00. The molecule has 2 aromatic carbocycles. The Balaban J connectivity index is 1.50. The van der Waals surface area contributed by atoms with Gasteiger partial charge in [-0.05, 0) is 31.2 Å². The van der Waals surface area contributed by atoms with Crippen LogP contribution in [0.1, 0.15) is 24.5 Å². The van der Waals surface area contributed by atoms with Crippen LogP contribution in [-0.2, 0) is 20.1 Å². The minimum absolute atomic E-state index is 0.661. The van der Waals surface area contributed by atoms with Gasteiger partial charge < -0.3 is 19.5 Å². The Morgan fingerprint density at radius 2 is 1.83 bits per heavy atom. The highest BCUT2D eigenvalue weighted by Crippen LogP contribution is 2.34. The molecule has 0 radical (unpaired) electrons. The molecule has 1 aromatic heterocycles. The summed E-state index contributed by atoms with van der Waals surface area (Å²) in [4.78, 5) is 0. The van der Waals surface area contributed by atoms with Gasteiger partial charge in [-0.15, -0.1) is 0 Å². The fraction of sp³-hybridized carbons (Fsp3) is 0.348. The summed E-state index contributed by atoms with van der Waals surface area (Å²) in [6.45, 7) is 5.46. The molecule has 0 atom stereocenters. The predicted octanol–water partition coefficient (Wildman–Crippen LogP) is 3.94. The Morgan fingerprint density at radius 1 is 1.03 bits per heavy atom. The summed E-state index contributed by atoms with van der Waals surface area (Å²) in [5.74, 6) is 2.52. The highest BCUT2D eigenvalue weighted by Gasteiger charge is 2.15. The lowest BCUT2D eigenvalue weighted by Gasteiger charge is -2.11. The van der Waals surface area contributed by atoms with E-state index >= 15 is 0 Å². The molecule has 4 rings (SSSR count). The summed E-state index contributed by atoms with van der Waals surface area (Å²) in [5, 5.41) is 8.20. The first-order chi connectivity index (χ1) is 14.2. The van der Waals surface area contributed by atoms with Crippen LogP contribution in [0.4, 0.5) is 0 Å². The molecule has 152 valence electrons. The summed E-state index contributed by atoms with van der Waals surface area (Å²) in [6, 6.07) is 14.2. The number of rotatable bonds is 7. The molecule has 3 aromatic rings. The van der Waals surface area contributed by atoms with E-state index in [0.29, 0.717) is 26.4 Å². The van der Waals surface area contributed by atoms with E-state index in [1.807, 2.05) is 55.1 Å². The molecular weight excluding hydrogens is 366 g/mol. The molecule has 6 heteroatoms. The lowest BCUT2D eigenvalue weighted by molar-refractivity contribution is 0.297. The third kappa shape index (κ3) is 4.54. The third-order valence-corrected chi connectivity index (χ3v) is 4.83. The maximum atomic E-state index is 5.84. The van der Waals surface area contributed by atoms with Crippen molar-refractivity contribution < 1.29 is 14.2 Å². The molecule has 0 fully saturated rings. The number of ether oxygens (including phenoxy) is 3. The Labute approximate surface area is 171 Å². The molecule has 6 nitrogen and oxygen atoms in total. The number of hydrogen-bond acceptors (Lipinski definition) is 5. The molecule has 0 bridgehead atoms. The normalized spacial score (nSPS) is 13.2. The molecule has 0 amide bonds. The van der Waals surface area contributed by atoms with Crippen LogP contribution in [0, 0.1) is 0 Å². The number of benzene rings is 2. The molecule has 0 aliphatic carbocycles. The van der Waals surface area contributed by atoms with Gasteiger partial charge in [0.15, 0.2) is 11.5 Å². The van der Waals surface area contributed by atoms with Crippen LogP contribution in [0.3, 0.4) is 0 Å². The van der Waals surface area contributed by atoms with Crippen LogP contribution >= 0.6 is 0 Å². The first-order valence-corrected chi connectivity index (χ1v) is 10.1. The molecule has 0 unspecified atom stereocenters. The molecule has 1 aliphatic heterocycles. The molecule has 1 aliphatic rings. The minimum atomic E-state index is 0.661. The highest BCUT2D eigenvalue weighted by atomic mass is 16.5. The maximum absolute atomic E-state index is 5.84. The highest BCUT2D eigenvalue weighted by molar-refractivity contribution is 5.66. The Bertz CT molecular complexity index is 968. The molecule has 0 saturated heterocycles. The quantitative estimate of drug-likeness (QED) is 0.659. The van der Waals surface area contributed by atoms with Crippen molar-refractivity contribution in [3.63, 3.8) is 0 Å². The van der Waals surface area contributed by atoms with E-state index in [2.05, 4.69) is 22.7 Å². The number of fused-ring (bicyclic) bond motifs is 1. The van der Waals surface area contributed by atoms with E-state index in [1.165, 1.54) is 0 Å². The first-order valence-electron chi connectivity index (χ1n) is 10.1. The number of nitrogens with one attached hydrogen (secondary N) is 1. The number of para-hydroxylation sites is 1. The summed E-state index contributed by atoms with van der Waals surface area (Å²) in [5.41, 5.74) is 4.27. The second-order valence-corrected chi connectivity index (χ2v) is 7.03. The van der Waals surface area contributed by atoms with Gasteiger partial charge in [0.25, 0.3) is 0 Å². The standard InChI is InChI=1S/C23H27N3O3/c1-3-27-20-8-5-4-7-18(20)14-24-15-19-16-26(2)25-23(19)17-9-10-21-22(13-17)29-12-6-11-28-21/h4-5,7-10,13,16,24H,3,6,11-12,14-15H2,1-2H3. The van der Waals surface area contributed by atoms with E-state index < -0.39 is 0 Å². The van der Waals surface area contributed by atoms with Gasteiger partial charge in [0.2, 0.25) is 0 Å². The minimum Gasteiger partial charge on any atom is -0.494 e. The second-order valence-electron chi connectivity index (χ2n) is 7.03. The fourth-order valence-electron chi connectivity index (χ4n) is 3.50. The molecular formula is C23H27N3O3. The lowest BCUT2D eigenvalue weighted by atomic mass is 10.1. The molecule has 29 heavy (non-hydrogen) atoms. The van der Waals surface area contributed by atoms with E-state index in [4.69, 9.17) is 14.2 Å². The van der Waals surface area contributed by atoms with Crippen LogP contribution in [-0.4, -0.2) is 29.6 Å². The van der Waals surface area contributed by atoms with Gasteiger partial charge >= 0.3 is 0 Å². The lowest BCUT2D eigenvalue weighted by Crippen LogP contribution is -2.14. The first kappa shape index (κ1) is 19.3. The fourth-order valence-corrected chi connectivity index (χ4v) is 3.50. The number of nitrogens with zero attached hydrogens (tertiary/aromatic N) is 2. The SMILES string of the molecule is CCOc1ccccc1CNCc1cn(C)nc1-c1ccc2c(c1)OCCCO2. The second kappa shape index (κ2) is 9.01. The molecule has 0 saturated carbocycles. The third-order valence-electron chi connectivity index (χ3n) is 4.83. The van der Waals surface area contributed by atoms with Crippen molar-refractivity contribution in [3.05, 3.63) is 59.8 Å². The Morgan fingerprint density at radius 3 is 2.69 bits per heavy atom. The van der Waals surface area contributed by atoms with E-state index in [0.717, 1.165) is 52.6 Å². The van der Waals surface area contributed by atoms with Gasteiger partial charge in [-0.3, -0.25) is 4.68 Å². The predicted molar refractivity (Wildman–Crippen MR) is 112 cm³/mol. The van der Waals surface area contributed by atoms with Crippen LogP contribution < -0.4 is 19.5 Å². The van der Waals surface area contributed by atoms with E-state index in [1.54, 1.807) is 0 Å². The zero-order chi connectivity index (χ0) is 20.1. The van der Waals surface area contributed by atoms with Gasteiger partial charge in [0.1, 0.15) is 5.75 Å². The average Bonchev–Trinajstić information content (AvgIpc) is 2.95. The van der Waals surface area contributed by atoms with Crippen molar-refractivity contribution in [1.29, 1.82) is 0 Å². The largest absolute Gasteiger partial charge is 0.494 e. The Hall–Kier alpha value is -2.99. The van der Waals surface area contributed by atoms with Crippen molar-refractivity contribution in [1.82, 2.24) is 15.1 Å². The average molecular weight is 393 g/mol.